The molecule has 0 nitrogen and oxygen atoms in total. The Balaban J connectivity index is 0.00000127. The second kappa shape index (κ2) is 30.3. The summed E-state index contributed by atoms with van der Waals surface area (Å²) in [5, 5.41) is 0. The molecule has 0 heterocycles. The highest BCUT2D eigenvalue weighted by molar-refractivity contribution is 6.17. The van der Waals surface area contributed by atoms with Gasteiger partial charge in [0, 0.05) is 5.88 Å². The lowest BCUT2D eigenvalue weighted by atomic mass is 10.0. The summed E-state index contributed by atoms with van der Waals surface area (Å²) in [5.74, 6) is 0.846. The molecule has 0 bridgehead atoms. The van der Waals surface area contributed by atoms with E-state index in [0.29, 0.717) is 0 Å². The largest absolute Gasteiger partial charge is 0.127 e. The van der Waals surface area contributed by atoms with Crippen LogP contribution in [0.4, 0.5) is 0 Å². The molecule has 0 amide bonds. The van der Waals surface area contributed by atoms with Gasteiger partial charge in [-0.05, 0) is 6.42 Å². The Bertz CT molecular complexity index is 251. The molecule has 31 heavy (non-hydrogen) atoms. The maximum Gasteiger partial charge on any atom is 0.0223 e. The van der Waals surface area contributed by atoms with Gasteiger partial charge >= 0.3 is 0 Å². The number of hydrogen-bond acceptors (Lipinski definition) is 0. The van der Waals surface area contributed by atoms with E-state index < -0.39 is 0 Å². The summed E-state index contributed by atoms with van der Waals surface area (Å²) in [5.41, 5.74) is 0. The molecule has 0 N–H and O–H groups in total. The highest BCUT2D eigenvalue weighted by atomic mass is 35.5. The van der Waals surface area contributed by atoms with Gasteiger partial charge in [-0.25, -0.2) is 0 Å². The highest BCUT2D eigenvalue weighted by Gasteiger charge is 1.96. The molecule has 0 atom stereocenters. The van der Waals surface area contributed by atoms with E-state index in [0.717, 1.165) is 5.88 Å². The smallest absolute Gasteiger partial charge is 0.0223 e. The van der Waals surface area contributed by atoms with E-state index in [1.165, 1.54) is 180 Å². The second-order valence-electron chi connectivity index (χ2n) is 10.2. The minimum atomic E-state index is 0.846. The molecule has 0 radical (unpaired) electrons. The van der Waals surface area contributed by atoms with Gasteiger partial charge in [0.05, 0.1) is 0 Å². The van der Waals surface area contributed by atoms with Crippen LogP contribution < -0.4 is 0 Å². The van der Waals surface area contributed by atoms with E-state index >= 15 is 0 Å². The zero-order valence-electron chi connectivity index (χ0n) is 21.9. The Hall–Kier alpha value is 0.290. The molecule has 1 heteroatoms. The molecule has 1 aliphatic carbocycles. The van der Waals surface area contributed by atoms with Gasteiger partial charge in [-0.15, -0.1) is 11.6 Å². The van der Waals surface area contributed by atoms with Crippen molar-refractivity contribution in [3.8, 4) is 0 Å². The molecule has 1 saturated carbocycles. The van der Waals surface area contributed by atoms with Crippen molar-refractivity contribution in [1.82, 2.24) is 0 Å². The predicted octanol–water partition coefficient (Wildman–Crippen LogP) is 12.2. The van der Waals surface area contributed by atoms with Gasteiger partial charge in [0.2, 0.25) is 0 Å². The number of rotatable bonds is 22. The maximum absolute atomic E-state index is 5.69. The summed E-state index contributed by atoms with van der Waals surface area (Å²) in [6, 6.07) is 0. The van der Waals surface area contributed by atoms with Crippen LogP contribution in [0.5, 0.6) is 0 Å². The first-order chi connectivity index (χ1) is 15.4. The summed E-state index contributed by atoms with van der Waals surface area (Å²) < 4.78 is 0. The van der Waals surface area contributed by atoms with Crippen molar-refractivity contribution >= 4 is 11.6 Å². The average Bonchev–Trinajstić information content (AvgIpc) is 2.81. The fourth-order valence-electron chi connectivity index (χ4n) is 4.76. The lowest BCUT2D eigenvalue weighted by Crippen LogP contribution is -1.85. The second-order valence-corrected chi connectivity index (χ2v) is 10.6. The summed E-state index contributed by atoms with van der Waals surface area (Å²) in [6.07, 6.45) is 40.8. The molecule has 0 aromatic carbocycles. The summed E-state index contributed by atoms with van der Waals surface area (Å²) in [7, 11) is 0. The van der Waals surface area contributed by atoms with Crippen LogP contribution >= 0.6 is 11.6 Å². The SMILES string of the molecule is C1CCCCC1.CCCCCCCCCCCCCCCCCCCCCCCCCl. The van der Waals surface area contributed by atoms with Crippen LogP contribution in [0.25, 0.3) is 0 Å². The zero-order chi connectivity index (χ0) is 22.5. The van der Waals surface area contributed by atoms with E-state index in [4.69, 9.17) is 11.6 Å². The topological polar surface area (TPSA) is 0 Å². The van der Waals surface area contributed by atoms with E-state index in [1.54, 1.807) is 0 Å². The van der Waals surface area contributed by atoms with Crippen molar-refractivity contribution in [3.63, 3.8) is 0 Å². The molecular weight excluding hydrogens is 396 g/mol. The molecule has 0 spiro atoms. The molecule has 0 saturated heterocycles. The highest BCUT2D eigenvalue weighted by Crippen LogP contribution is 2.16. The van der Waals surface area contributed by atoms with Gasteiger partial charge in [0.25, 0.3) is 0 Å². The molecule has 1 aliphatic rings. The summed E-state index contributed by atoms with van der Waals surface area (Å²) in [4.78, 5) is 0. The lowest BCUT2D eigenvalue weighted by Gasteiger charge is -2.05. The first-order valence-corrected chi connectivity index (χ1v) is 15.5. The molecule has 1 fully saturated rings. The van der Waals surface area contributed by atoms with Crippen molar-refractivity contribution in [2.75, 3.05) is 5.88 Å². The first kappa shape index (κ1) is 31.3. The fraction of sp³-hybridized carbons (Fsp3) is 1.00. The molecule has 0 aromatic heterocycles. The average molecular weight is 457 g/mol. The number of alkyl halides is 1. The number of halogens is 1. The van der Waals surface area contributed by atoms with Crippen LogP contribution in [-0.2, 0) is 0 Å². The Morgan fingerprint density at radius 1 is 0.323 bits per heavy atom. The third-order valence-electron chi connectivity index (χ3n) is 6.99. The van der Waals surface area contributed by atoms with E-state index in [1.807, 2.05) is 0 Å². The van der Waals surface area contributed by atoms with Crippen LogP contribution in [0.2, 0.25) is 0 Å². The van der Waals surface area contributed by atoms with E-state index in [2.05, 4.69) is 6.92 Å². The predicted molar refractivity (Wildman–Crippen MR) is 146 cm³/mol. The first-order valence-electron chi connectivity index (χ1n) is 15.0. The summed E-state index contributed by atoms with van der Waals surface area (Å²) in [6.45, 7) is 2.30. The van der Waals surface area contributed by atoms with E-state index in [-0.39, 0.29) is 0 Å². The van der Waals surface area contributed by atoms with Gasteiger partial charge in [-0.1, -0.05) is 180 Å². The minimum absolute atomic E-state index is 0.846. The minimum Gasteiger partial charge on any atom is -0.127 e. The fourth-order valence-corrected chi connectivity index (χ4v) is 4.95. The number of hydrogen-bond donors (Lipinski definition) is 0. The van der Waals surface area contributed by atoms with Gasteiger partial charge < -0.3 is 0 Å². The van der Waals surface area contributed by atoms with Gasteiger partial charge in [0.15, 0.2) is 0 Å². The van der Waals surface area contributed by atoms with Crippen molar-refractivity contribution in [2.24, 2.45) is 0 Å². The molecule has 0 unspecified atom stereocenters. The monoisotopic (exact) mass is 456 g/mol. The molecule has 0 aliphatic heterocycles. The third kappa shape index (κ3) is 30.3. The Morgan fingerprint density at radius 3 is 0.710 bits per heavy atom. The lowest BCUT2D eigenvalue weighted by molar-refractivity contribution is 0.504. The number of unbranched alkanes of at least 4 members (excludes halogenated alkanes) is 21. The molecule has 0 aromatic rings. The van der Waals surface area contributed by atoms with E-state index in [9.17, 15) is 0 Å². The third-order valence-corrected chi connectivity index (χ3v) is 7.25. The van der Waals surface area contributed by atoms with Crippen LogP contribution in [0, 0.1) is 0 Å². The summed E-state index contributed by atoms with van der Waals surface area (Å²) >= 11 is 5.69. The van der Waals surface area contributed by atoms with Crippen LogP contribution in [-0.4, -0.2) is 5.88 Å². The van der Waals surface area contributed by atoms with Crippen LogP contribution in [0.1, 0.15) is 187 Å². The van der Waals surface area contributed by atoms with Gasteiger partial charge in [-0.3, -0.25) is 0 Å². The Kier molecular flexibility index (Phi) is 30.6. The van der Waals surface area contributed by atoms with Crippen molar-refractivity contribution in [1.29, 1.82) is 0 Å². The van der Waals surface area contributed by atoms with Crippen molar-refractivity contribution in [3.05, 3.63) is 0 Å². The Labute approximate surface area is 204 Å². The quantitative estimate of drug-likeness (QED) is 0.112. The standard InChI is InChI=1S/C24H49Cl.C6H12/c1-2-3-4-5-6-7-8-9-10-11-12-13-14-15-16-17-18-19-20-21-22-23-24-25;1-2-4-6-5-3-1/h2-24H2,1H3;1-6H2. The van der Waals surface area contributed by atoms with Gasteiger partial charge in [-0.2, -0.15) is 0 Å². The maximum atomic E-state index is 5.69. The molecule has 1 rings (SSSR count). The molecule has 188 valence electrons. The van der Waals surface area contributed by atoms with Crippen molar-refractivity contribution in [2.45, 2.75) is 187 Å². The van der Waals surface area contributed by atoms with Crippen molar-refractivity contribution < 1.29 is 0 Å². The van der Waals surface area contributed by atoms with Gasteiger partial charge in [0.1, 0.15) is 0 Å². The normalized spacial score (nSPS) is 13.7. The molecular formula is C30H61Cl. The van der Waals surface area contributed by atoms with Crippen LogP contribution in [0.3, 0.4) is 0 Å². The van der Waals surface area contributed by atoms with Crippen LogP contribution in [0.15, 0.2) is 0 Å². The Morgan fingerprint density at radius 2 is 0.516 bits per heavy atom. The zero-order valence-corrected chi connectivity index (χ0v) is 22.6.